The quantitative estimate of drug-likeness (QED) is 0.855. The molecule has 1 aliphatic heterocycles. The van der Waals surface area contributed by atoms with Crippen LogP contribution < -0.4 is 5.32 Å². The standard InChI is InChI=1S/C14H15N3O4/c1-7-5-10(12-8(2)17-21-14(12)16-7)13(19)15-6-9-3-4-11(18)20-9/h5,9H,3-4,6H2,1-2H3,(H,15,19). The lowest BCUT2D eigenvalue weighted by atomic mass is 10.1. The van der Waals surface area contributed by atoms with Gasteiger partial charge in [-0.1, -0.05) is 5.16 Å². The highest BCUT2D eigenvalue weighted by molar-refractivity contribution is 6.06. The van der Waals surface area contributed by atoms with E-state index in [0.717, 1.165) is 0 Å². The number of amides is 1. The number of pyridine rings is 1. The summed E-state index contributed by atoms with van der Waals surface area (Å²) in [5.74, 6) is -0.467. The van der Waals surface area contributed by atoms with Crippen molar-refractivity contribution in [3.63, 3.8) is 0 Å². The molecule has 21 heavy (non-hydrogen) atoms. The van der Waals surface area contributed by atoms with Crippen molar-refractivity contribution in [2.45, 2.75) is 32.8 Å². The first-order valence-electron chi connectivity index (χ1n) is 6.76. The van der Waals surface area contributed by atoms with Gasteiger partial charge >= 0.3 is 5.97 Å². The molecule has 1 N–H and O–H groups in total. The van der Waals surface area contributed by atoms with Gasteiger partial charge in [0.25, 0.3) is 11.6 Å². The molecule has 0 aliphatic carbocycles. The molecule has 1 saturated heterocycles. The van der Waals surface area contributed by atoms with Crippen LogP contribution in [0.3, 0.4) is 0 Å². The van der Waals surface area contributed by atoms with Crippen LogP contribution in [0.25, 0.3) is 11.1 Å². The summed E-state index contributed by atoms with van der Waals surface area (Å²) >= 11 is 0. The van der Waals surface area contributed by atoms with Crippen LogP contribution in [-0.2, 0) is 9.53 Å². The number of nitrogens with one attached hydrogen (secondary N) is 1. The van der Waals surface area contributed by atoms with Crippen LogP contribution in [0.1, 0.15) is 34.6 Å². The highest BCUT2D eigenvalue weighted by atomic mass is 16.5. The fourth-order valence-corrected chi connectivity index (χ4v) is 2.42. The van der Waals surface area contributed by atoms with E-state index in [0.29, 0.717) is 47.4 Å². The molecule has 1 fully saturated rings. The molecule has 2 aromatic heterocycles. The van der Waals surface area contributed by atoms with Gasteiger partial charge in [-0.2, -0.15) is 0 Å². The number of aryl methyl sites for hydroxylation is 2. The minimum absolute atomic E-state index is 0.216. The number of esters is 1. The topological polar surface area (TPSA) is 94.3 Å². The van der Waals surface area contributed by atoms with Crippen LogP contribution >= 0.6 is 0 Å². The largest absolute Gasteiger partial charge is 0.460 e. The van der Waals surface area contributed by atoms with Gasteiger partial charge in [0.1, 0.15) is 6.10 Å². The van der Waals surface area contributed by atoms with E-state index < -0.39 is 0 Å². The molecule has 110 valence electrons. The molecular formula is C14H15N3O4. The van der Waals surface area contributed by atoms with Crippen molar-refractivity contribution in [2.75, 3.05) is 6.54 Å². The molecule has 0 aromatic carbocycles. The van der Waals surface area contributed by atoms with Crippen molar-refractivity contribution >= 4 is 23.0 Å². The first kappa shape index (κ1) is 13.5. The lowest BCUT2D eigenvalue weighted by Gasteiger charge is -2.11. The maximum atomic E-state index is 12.4. The summed E-state index contributed by atoms with van der Waals surface area (Å²) in [6, 6.07) is 1.70. The van der Waals surface area contributed by atoms with Gasteiger partial charge in [-0.3, -0.25) is 9.59 Å². The second-order valence-corrected chi connectivity index (χ2v) is 5.12. The monoisotopic (exact) mass is 289 g/mol. The normalized spacial score (nSPS) is 18.0. The second kappa shape index (κ2) is 5.16. The van der Waals surface area contributed by atoms with Crippen LogP contribution in [0.5, 0.6) is 0 Å². The average Bonchev–Trinajstić information content (AvgIpc) is 3.02. The molecule has 7 heteroatoms. The summed E-state index contributed by atoms with van der Waals surface area (Å²) in [6.45, 7) is 3.85. The predicted octanol–water partition coefficient (Wildman–Crippen LogP) is 1.28. The summed E-state index contributed by atoms with van der Waals surface area (Å²) in [5.41, 5.74) is 2.12. The van der Waals surface area contributed by atoms with Gasteiger partial charge in [-0.15, -0.1) is 0 Å². The van der Waals surface area contributed by atoms with Gasteiger partial charge in [-0.25, -0.2) is 4.98 Å². The Morgan fingerprint density at radius 2 is 2.29 bits per heavy atom. The molecule has 0 bridgehead atoms. The molecular weight excluding hydrogens is 274 g/mol. The van der Waals surface area contributed by atoms with E-state index in [9.17, 15) is 9.59 Å². The molecule has 3 heterocycles. The summed E-state index contributed by atoms with van der Waals surface area (Å²) in [4.78, 5) is 27.6. The number of hydrogen-bond acceptors (Lipinski definition) is 6. The zero-order valence-corrected chi connectivity index (χ0v) is 11.8. The molecule has 0 spiro atoms. The van der Waals surface area contributed by atoms with Crippen molar-refractivity contribution in [1.29, 1.82) is 0 Å². The Balaban J connectivity index is 1.81. The third-order valence-corrected chi connectivity index (χ3v) is 3.45. The van der Waals surface area contributed by atoms with Crippen molar-refractivity contribution in [3.05, 3.63) is 23.0 Å². The SMILES string of the molecule is Cc1cc(C(=O)NCC2CCC(=O)O2)c2c(C)noc2n1. The molecule has 3 rings (SSSR count). The van der Waals surface area contributed by atoms with Gasteiger partial charge in [0.15, 0.2) is 0 Å². The molecule has 0 saturated carbocycles. The molecule has 1 aliphatic rings. The number of nitrogens with zero attached hydrogens (tertiary/aromatic N) is 2. The minimum Gasteiger partial charge on any atom is -0.460 e. The van der Waals surface area contributed by atoms with Crippen molar-refractivity contribution in [2.24, 2.45) is 0 Å². The number of ether oxygens (including phenoxy) is 1. The summed E-state index contributed by atoms with van der Waals surface area (Å²) in [6.07, 6.45) is 0.795. The summed E-state index contributed by atoms with van der Waals surface area (Å²) in [5, 5.41) is 7.24. The summed E-state index contributed by atoms with van der Waals surface area (Å²) < 4.78 is 10.2. The molecule has 1 atom stereocenters. The Morgan fingerprint density at radius 3 is 3.00 bits per heavy atom. The maximum absolute atomic E-state index is 12.4. The maximum Gasteiger partial charge on any atom is 0.306 e. The van der Waals surface area contributed by atoms with Crippen LogP contribution in [0, 0.1) is 13.8 Å². The van der Waals surface area contributed by atoms with Crippen LogP contribution in [0.2, 0.25) is 0 Å². The van der Waals surface area contributed by atoms with Crippen LogP contribution in [0.4, 0.5) is 0 Å². The van der Waals surface area contributed by atoms with Gasteiger partial charge in [-0.05, 0) is 26.3 Å². The van der Waals surface area contributed by atoms with E-state index >= 15 is 0 Å². The van der Waals surface area contributed by atoms with E-state index in [1.165, 1.54) is 0 Å². The smallest absolute Gasteiger partial charge is 0.306 e. The van der Waals surface area contributed by atoms with E-state index in [4.69, 9.17) is 9.26 Å². The Kier molecular flexibility index (Phi) is 3.32. The second-order valence-electron chi connectivity index (χ2n) is 5.12. The van der Waals surface area contributed by atoms with Crippen molar-refractivity contribution in [1.82, 2.24) is 15.5 Å². The molecule has 1 unspecified atom stereocenters. The molecule has 7 nitrogen and oxygen atoms in total. The lowest BCUT2D eigenvalue weighted by Crippen LogP contribution is -2.32. The molecule has 2 aromatic rings. The van der Waals surface area contributed by atoms with Gasteiger partial charge in [0, 0.05) is 12.1 Å². The third-order valence-electron chi connectivity index (χ3n) is 3.45. The van der Waals surface area contributed by atoms with Crippen LogP contribution in [0.15, 0.2) is 10.6 Å². The fraction of sp³-hybridized carbons (Fsp3) is 0.429. The minimum atomic E-state index is -0.250. The Bertz CT molecular complexity index is 722. The zero-order valence-electron chi connectivity index (χ0n) is 11.8. The summed E-state index contributed by atoms with van der Waals surface area (Å²) in [7, 11) is 0. The number of hydrogen-bond donors (Lipinski definition) is 1. The van der Waals surface area contributed by atoms with E-state index in [1.54, 1.807) is 19.9 Å². The number of rotatable bonds is 3. The lowest BCUT2D eigenvalue weighted by molar-refractivity contribution is -0.141. The first-order valence-corrected chi connectivity index (χ1v) is 6.76. The van der Waals surface area contributed by atoms with Gasteiger partial charge < -0.3 is 14.6 Å². The van der Waals surface area contributed by atoms with Crippen molar-refractivity contribution < 1.29 is 18.8 Å². The third kappa shape index (κ3) is 2.58. The van der Waals surface area contributed by atoms with E-state index in [1.807, 2.05) is 0 Å². The highest BCUT2D eigenvalue weighted by Crippen LogP contribution is 2.22. The Hall–Kier alpha value is -2.44. The number of carbonyl (C=O) groups is 2. The number of cyclic esters (lactones) is 1. The Morgan fingerprint density at radius 1 is 1.48 bits per heavy atom. The van der Waals surface area contributed by atoms with E-state index in [2.05, 4.69) is 15.5 Å². The van der Waals surface area contributed by atoms with Crippen molar-refractivity contribution in [3.8, 4) is 0 Å². The fourth-order valence-electron chi connectivity index (χ4n) is 2.42. The average molecular weight is 289 g/mol. The number of fused-ring (bicyclic) bond motifs is 1. The first-order chi connectivity index (χ1) is 10.0. The predicted molar refractivity (Wildman–Crippen MR) is 72.7 cm³/mol. The van der Waals surface area contributed by atoms with Gasteiger partial charge in [0.2, 0.25) is 0 Å². The number of carbonyl (C=O) groups excluding carboxylic acids is 2. The molecule has 1 amide bonds. The van der Waals surface area contributed by atoms with E-state index in [-0.39, 0.29) is 18.0 Å². The number of aromatic nitrogens is 2. The van der Waals surface area contributed by atoms with Gasteiger partial charge in [0.05, 0.1) is 23.2 Å². The zero-order chi connectivity index (χ0) is 15.0. The molecule has 0 radical (unpaired) electrons. The Labute approximate surface area is 120 Å². The van der Waals surface area contributed by atoms with Crippen LogP contribution in [-0.4, -0.2) is 34.7 Å². The highest BCUT2D eigenvalue weighted by Gasteiger charge is 2.24.